The minimum Gasteiger partial charge on any atom is -0.399 e. The van der Waals surface area contributed by atoms with Gasteiger partial charge < -0.3 is 10.5 Å². The molecule has 1 fully saturated rings. The number of rotatable bonds is 1. The smallest absolute Gasteiger partial charge is 0.261 e. The molecule has 7 heteroatoms. The van der Waals surface area contributed by atoms with Crippen LogP contribution < -0.4 is 10.6 Å². The van der Waals surface area contributed by atoms with Gasteiger partial charge in [0.1, 0.15) is 13.2 Å². The highest BCUT2D eigenvalue weighted by Crippen LogP contribution is 2.30. The van der Waals surface area contributed by atoms with E-state index in [1.54, 1.807) is 18.2 Å². The zero-order valence-electron chi connectivity index (χ0n) is 9.25. The van der Waals surface area contributed by atoms with Crippen LogP contribution in [0.15, 0.2) is 18.2 Å². The summed E-state index contributed by atoms with van der Waals surface area (Å²) in [6.45, 7) is -0.187. The third-order valence-electron chi connectivity index (χ3n) is 2.54. The second kappa shape index (κ2) is 4.04. The zero-order chi connectivity index (χ0) is 12.7. The molecule has 2 N–H and O–H groups in total. The molecule has 2 heterocycles. The van der Waals surface area contributed by atoms with Crippen LogP contribution >= 0.6 is 11.3 Å². The van der Waals surface area contributed by atoms with E-state index in [1.807, 2.05) is 0 Å². The first-order chi connectivity index (χ1) is 8.65. The minimum atomic E-state index is -0.390. The van der Waals surface area contributed by atoms with Gasteiger partial charge in [-0.2, -0.15) is 0 Å². The highest BCUT2D eigenvalue weighted by molar-refractivity contribution is 7.22. The summed E-state index contributed by atoms with van der Waals surface area (Å²) in [5, 5.41) is 0.369. The first-order valence-electron chi connectivity index (χ1n) is 5.25. The first-order valence-corrected chi connectivity index (χ1v) is 6.06. The van der Waals surface area contributed by atoms with Crippen LogP contribution in [0.5, 0.6) is 0 Å². The van der Waals surface area contributed by atoms with Crippen LogP contribution in [-0.4, -0.2) is 30.0 Å². The fourth-order valence-corrected chi connectivity index (χ4v) is 2.78. The average Bonchev–Trinajstić information content (AvgIpc) is 2.71. The summed E-state index contributed by atoms with van der Waals surface area (Å²) >= 11 is 1.26. The second-order valence-electron chi connectivity index (χ2n) is 3.84. The Morgan fingerprint density at radius 2 is 2.00 bits per heavy atom. The number of anilines is 2. The van der Waals surface area contributed by atoms with Gasteiger partial charge in [0.25, 0.3) is 11.8 Å². The van der Waals surface area contributed by atoms with Crippen molar-refractivity contribution in [3.05, 3.63) is 18.2 Å². The topological polar surface area (TPSA) is 85.5 Å². The van der Waals surface area contributed by atoms with Gasteiger partial charge >= 0.3 is 0 Å². The van der Waals surface area contributed by atoms with Crippen molar-refractivity contribution in [2.75, 3.05) is 23.8 Å². The summed E-state index contributed by atoms with van der Waals surface area (Å²) in [6.07, 6.45) is 0. The quantitative estimate of drug-likeness (QED) is 0.606. The van der Waals surface area contributed by atoms with Crippen molar-refractivity contribution in [3.8, 4) is 0 Å². The Morgan fingerprint density at radius 3 is 2.72 bits per heavy atom. The van der Waals surface area contributed by atoms with Gasteiger partial charge in [0.15, 0.2) is 5.13 Å². The molecule has 2 aromatic rings. The molecule has 0 unspecified atom stereocenters. The zero-order valence-corrected chi connectivity index (χ0v) is 10.1. The minimum absolute atomic E-state index is 0.0934. The number of amides is 2. The number of nitrogens with two attached hydrogens (primary N) is 1. The van der Waals surface area contributed by atoms with Gasteiger partial charge in [0.05, 0.1) is 10.2 Å². The molecule has 2 amide bonds. The molecule has 1 aromatic carbocycles. The van der Waals surface area contributed by atoms with Crippen molar-refractivity contribution >= 4 is 44.2 Å². The molecule has 1 aliphatic rings. The Hall–Kier alpha value is -1.99. The van der Waals surface area contributed by atoms with Crippen molar-refractivity contribution < 1.29 is 14.3 Å². The molecule has 0 radical (unpaired) electrons. The number of hydrogen-bond donors (Lipinski definition) is 1. The Bertz CT molecular complexity index is 636. The number of benzene rings is 1. The van der Waals surface area contributed by atoms with E-state index in [0.717, 1.165) is 15.1 Å². The fraction of sp³-hybridized carbons (Fsp3) is 0.182. The maximum atomic E-state index is 11.7. The normalized spacial score (nSPS) is 16.6. The summed E-state index contributed by atoms with van der Waals surface area (Å²) in [5.74, 6) is -0.781. The van der Waals surface area contributed by atoms with E-state index in [1.165, 1.54) is 11.3 Å². The van der Waals surface area contributed by atoms with E-state index in [9.17, 15) is 9.59 Å². The second-order valence-corrected chi connectivity index (χ2v) is 4.85. The van der Waals surface area contributed by atoms with Crippen LogP contribution in [0.2, 0.25) is 0 Å². The van der Waals surface area contributed by atoms with Crippen LogP contribution in [0.3, 0.4) is 0 Å². The standard InChI is InChI=1S/C11H9N3O3S/c12-6-1-2-7-8(3-6)18-11(13-7)14-9(15)4-17-5-10(14)16/h1-3H,4-5,12H2. The summed E-state index contributed by atoms with van der Waals surface area (Å²) < 4.78 is 5.70. The van der Waals surface area contributed by atoms with E-state index in [4.69, 9.17) is 10.5 Å². The largest absolute Gasteiger partial charge is 0.399 e. The molecule has 0 spiro atoms. The van der Waals surface area contributed by atoms with Crippen LogP contribution in [-0.2, 0) is 14.3 Å². The number of ether oxygens (including phenoxy) is 1. The number of thiazole rings is 1. The molecule has 0 atom stereocenters. The SMILES string of the molecule is Nc1ccc2nc(N3C(=O)COCC3=O)sc2c1. The van der Waals surface area contributed by atoms with Gasteiger partial charge in [-0.1, -0.05) is 11.3 Å². The van der Waals surface area contributed by atoms with Crippen molar-refractivity contribution in [2.24, 2.45) is 0 Å². The first kappa shape index (κ1) is 11.1. The number of carbonyl (C=O) groups excluding carboxylic acids is 2. The summed E-state index contributed by atoms with van der Waals surface area (Å²) in [5.41, 5.74) is 7.02. The Balaban J connectivity index is 2.08. The molecular formula is C11H9N3O3S. The molecule has 1 aromatic heterocycles. The van der Waals surface area contributed by atoms with Crippen LogP contribution in [0.4, 0.5) is 10.8 Å². The van der Waals surface area contributed by atoms with Crippen molar-refractivity contribution in [1.29, 1.82) is 0 Å². The molecule has 92 valence electrons. The van der Waals surface area contributed by atoms with Crippen LogP contribution in [0.1, 0.15) is 0 Å². The maximum Gasteiger partial charge on any atom is 0.261 e. The van der Waals surface area contributed by atoms with Gasteiger partial charge in [0, 0.05) is 5.69 Å². The molecule has 0 aliphatic carbocycles. The number of hydrogen-bond acceptors (Lipinski definition) is 6. The van der Waals surface area contributed by atoms with Gasteiger partial charge in [-0.15, -0.1) is 0 Å². The van der Waals surface area contributed by atoms with Gasteiger partial charge in [-0.3, -0.25) is 9.59 Å². The van der Waals surface area contributed by atoms with Gasteiger partial charge in [-0.25, -0.2) is 9.88 Å². The Kier molecular flexibility index (Phi) is 2.49. The third-order valence-corrected chi connectivity index (χ3v) is 3.55. The third kappa shape index (κ3) is 1.73. The number of nitrogen functional groups attached to an aromatic ring is 1. The molecule has 1 aliphatic heterocycles. The highest BCUT2D eigenvalue weighted by Gasteiger charge is 2.30. The molecular weight excluding hydrogens is 254 g/mol. The predicted octanol–water partition coefficient (Wildman–Crippen LogP) is 0.768. The van der Waals surface area contributed by atoms with Crippen LogP contribution in [0.25, 0.3) is 10.2 Å². The number of fused-ring (bicyclic) bond motifs is 1. The predicted molar refractivity (Wildman–Crippen MR) is 67.3 cm³/mol. The number of aromatic nitrogens is 1. The Labute approximate surface area is 106 Å². The van der Waals surface area contributed by atoms with Crippen molar-refractivity contribution in [1.82, 2.24) is 4.98 Å². The number of carbonyl (C=O) groups is 2. The van der Waals surface area contributed by atoms with E-state index >= 15 is 0 Å². The molecule has 18 heavy (non-hydrogen) atoms. The monoisotopic (exact) mass is 263 g/mol. The fourth-order valence-electron chi connectivity index (χ4n) is 1.73. The lowest BCUT2D eigenvalue weighted by atomic mass is 10.3. The summed E-state index contributed by atoms with van der Waals surface area (Å²) in [6, 6.07) is 5.26. The van der Waals surface area contributed by atoms with E-state index in [2.05, 4.69) is 4.98 Å². The van der Waals surface area contributed by atoms with Gasteiger partial charge in [0.2, 0.25) is 0 Å². The van der Waals surface area contributed by atoms with Crippen molar-refractivity contribution in [2.45, 2.75) is 0 Å². The highest BCUT2D eigenvalue weighted by atomic mass is 32.1. The Morgan fingerprint density at radius 1 is 1.28 bits per heavy atom. The van der Waals surface area contributed by atoms with E-state index < -0.39 is 11.8 Å². The molecule has 1 saturated heterocycles. The summed E-state index contributed by atoms with van der Waals surface area (Å²) in [7, 11) is 0. The average molecular weight is 263 g/mol. The lowest BCUT2D eigenvalue weighted by molar-refractivity contribution is -0.138. The van der Waals surface area contributed by atoms with Crippen LogP contribution in [0, 0.1) is 0 Å². The van der Waals surface area contributed by atoms with E-state index in [-0.39, 0.29) is 13.2 Å². The maximum absolute atomic E-state index is 11.7. The number of morpholine rings is 1. The molecule has 0 saturated carbocycles. The molecule has 6 nitrogen and oxygen atoms in total. The number of nitrogens with zero attached hydrogens (tertiary/aromatic N) is 2. The molecule has 0 bridgehead atoms. The summed E-state index contributed by atoms with van der Waals surface area (Å²) in [4.78, 5) is 28.7. The lowest BCUT2D eigenvalue weighted by Crippen LogP contribution is -2.46. The number of imide groups is 1. The van der Waals surface area contributed by atoms with E-state index in [0.29, 0.717) is 10.8 Å². The van der Waals surface area contributed by atoms with Crippen molar-refractivity contribution in [3.63, 3.8) is 0 Å². The molecule has 3 rings (SSSR count). The lowest BCUT2D eigenvalue weighted by Gasteiger charge is -2.21. The van der Waals surface area contributed by atoms with Gasteiger partial charge in [-0.05, 0) is 18.2 Å².